The minimum Gasteiger partial charge on any atom is -0.373 e. The zero-order valence-corrected chi connectivity index (χ0v) is 15.5. The number of carbonyl (C=O) groups is 1. The molecule has 1 saturated heterocycles. The van der Waals surface area contributed by atoms with Crippen LogP contribution in [0.25, 0.3) is 0 Å². The molecule has 4 nitrogen and oxygen atoms in total. The standard InChI is InChI=1S/C21H32N2O2/c1-17-7-5-6-10-20(17)22-21(24)15-23-13-11-19(12-14-23)25-16-18-8-3-2-4-9-18/h2-4,8-9,17,19-20H,5-7,10-16H2,1H3,(H,22,24)/t17-,20+/m0/s1. The molecule has 0 spiro atoms. The molecule has 0 aromatic heterocycles. The summed E-state index contributed by atoms with van der Waals surface area (Å²) < 4.78 is 6.03. The van der Waals surface area contributed by atoms with Crippen molar-refractivity contribution in [1.82, 2.24) is 10.2 Å². The number of amides is 1. The highest BCUT2D eigenvalue weighted by atomic mass is 16.5. The second-order valence-corrected chi connectivity index (χ2v) is 7.71. The van der Waals surface area contributed by atoms with Gasteiger partial charge in [0.2, 0.25) is 5.91 Å². The molecule has 1 aromatic rings. The van der Waals surface area contributed by atoms with Gasteiger partial charge >= 0.3 is 0 Å². The van der Waals surface area contributed by atoms with Crippen molar-refractivity contribution in [2.45, 2.75) is 64.2 Å². The lowest BCUT2D eigenvalue weighted by molar-refractivity contribution is -0.124. The number of piperidine rings is 1. The van der Waals surface area contributed by atoms with Crippen LogP contribution < -0.4 is 5.32 Å². The molecule has 4 heteroatoms. The van der Waals surface area contributed by atoms with Crippen molar-refractivity contribution in [3.05, 3.63) is 35.9 Å². The van der Waals surface area contributed by atoms with Gasteiger partial charge in [0, 0.05) is 19.1 Å². The second kappa shape index (κ2) is 9.35. The summed E-state index contributed by atoms with van der Waals surface area (Å²) in [5.74, 6) is 0.817. The summed E-state index contributed by atoms with van der Waals surface area (Å²) in [5, 5.41) is 3.26. The molecule has 1 aromatic carbocycles. The van der Waals surface area contributed by atoms with E-state index in [-0.39, 0.29) is 5.91 Å². The third-order valence-corrected chi connectivity index (χ3v) is 5.69. The Balaban J connectivity index is 1.34. The van der Waals surface area contributed by atoms with E-state index < -0.39 is 0 Å². The molecule has 0 unspecified atom stereocenters. The van der Waals surface area contributed by atoms with Crippen LogP contribution in [0.3, 0.4) is 0 Å². The van der Waals surface area contributed by atoms with E-state index in [1.165, 1.54) is 24.8 Å². The molecule has 0 bridgehead atoms. The van der Waals surface area contributed by atoms with Crippen LogP contribution in [0.5, 0.6) is 0 Å². The highest BCUT2D eigenvalue weighted by Crippen LogP contribution is 2.23. The molecule has 0 radical (unpaired) electrons. The van der Waals surface area contributed by atoms with E-state index in [1.807, 2.05) is 18.2 Å². The van der Waals surface area contributed by atoms with Crippen molar-refractivity contribution in [3.8, 4) is 0 Å². The monoisotopic (exact) mass is 344 g/mol. The minimum absolute atomic E-state index is 0.197. The van der Waals surface area contributed by atoms with Gasteiger partial charge in [-0.25, -0.2) is 0 Å². The van der Waals surface area contributed by atoms with E-state index in [4.69, 9.17) is 4.74 Å². The maximum absolute atomic E-state index is 12.3. The average molecular weight is 344 g/mol. The molecule has 1 aliphatic heterocycles. The fraction of sp³-hybridized carbons (Fsp3) is 0.667. The summed E-state index contributed by atoms with van der Waals surface area (Å²) in [5.41, 5.74) is 1.23. The molecule has 2 aliphatic rings. The fourth-order valence-electron chi connectivity index (χ4n) is 4.01. The van der Waals surface area contributed by atoms with Crippen molar-refractivity contribution in [1.29, 1.82) is 0 Å². The second-order valence-electron chi connectivity index (χ2n) is 7.71. The third kappa shape index (κ3) is 5.82. The molecular weight excluding hydrogens is 312 g/mol. The van der Waals surface area contributed by atoms with Crippen LogP contribution >= 0.6 is 0 Å². The molecule has 1 N–H and O–H groups in total. The number of nitrogens with one attached hydrogen (secondary N) is 1. The normalized spacial score (nSPS) is 25.6. The number of carbonyl (C=O) groups excluding carboxylic acids is 1. The summed E-state index contributed by atoms with van der Waals surface area (Å²) in [4.78, 5) is 14.6. The van der Waals surface area contributed by atoms with Gasteiger partial charge in [0.1, 0.15) is 0 Å². The van der Waals surface area contributed by atoms with Crippen LogP contribution in [0.1, 0.15) is 51.0 Å². The predicted octanol–water partition coefficient (Wildman–Crippen LogP) is 3.36. The molecule has 138 valence electrons. The molecular formula is C21H32N2O2. The topological polar surface area (TPSA) is 41.6 Å². The van der Waals surface area contributed by atoms with Gasteiger partial charge in [-0.05, 0) is 37.2 Å². The third-order valence-electron chi connectivity index (χ3n) is 5.69. The van der Waals surface area contributed by atoms with Crippen molar-refractivity contribution < 1.29 is 9.53 Å². The first kappa shape index (κ1) is 18.4. The summed E-state index contributed by atoms with van der Waals surface area (Å²) in [7, 11) is 0. The van der Waals surface area contributed by atoms with E-state index in [0.717, 1.165) is 32.4 Å². The maximum atomic E-state index is 12.3. The van der Waals surface area contributed by atoms with Gasteiger partial charge in [0.25, 0.3) is 0 Å². The summed E-state index contributed by atoms with van der Waals surface area (Å²) in [6.07, 6.45) is 7.29. The predicted molar refractivity (Wildman–Crippen MR) is 100 cm³/mol. The Morgan fingerprint density at radius 3 is 2.56 bits per heavy atom. The van der Waals surface area contributed by atoms with Gasteiger partial charge in [0.05, 0.1) is 19.3 Å². The Labute approximate surface area is 151 Å². The van der Waals surface area contributed by atoms with E-state index >= 15 is 0 Å². The largest absolute Gasteiger partial charge is 0.373 e. The first-order valence-electron chi connectivity index (χ1n) is 9.88. The molecule has 1 heterocycles. The highest BCUT2D eigenvalue weighted by molar-refractivity contribution is 5.78. The van der Waals surface area contributed by atoms with Crippen molar-refractivity contribution in [3.63, 3.8) is 0 Å². The molecule has 1 saturated carbocycles. The highest BCUT2D eigenvalue weighted by Gasteiger charge is 2.25. The summed E-state index contributed by atoms with van der Waals surface area (Å²) in [6, 6.07) is 10.7. The Bertz CT molecular complexity index is 526. The lowest BCUT2D eigenvalue weighted by atomic mass is 9.86. The van der Waals surface area contributed by atoms with Gasteiger partial charge < -0.3 is 10.1 Å². The van der Waals surface area contributed by atoms with Crippen molar-refractivity contribution >= 4 is 5.91 Å². The first-order valence-corrected chi connectivity index (χ1v) is 9.88. The van der Waals surface area contributed by atoms with Gasteiger partial charge in [-0.15, -0.1) is 0 Å². The van der Waals surface area contributed by atoms with Crippen molar-refractivity contribution in [2.24, 2.45) is 5.92 Å². The number of benzene rings is 1. The molecule has 25 heavy (non-hydrogen) atoms. The number of nitrogens with zero attached hydrogens (tertiary/aromatic N) is 1. The van der Waals surface area contributed by atoms with Crippen LogP contribution in [0.2, 0.25) is 0 Å². The Hall–Kier alpha value is -1.39. The average Bonchev–Trinajstić information content (AvgIpc) is 2.64. The molecule has 1 amide bonds. The molecule has 1 aliphatic carbocycles. The van der Waals surface area contributed by atoms with Crippen molar-refractivity contribution in [2.75, 3.05) is 19.6 Å². The number of rotatable bonds is 6. The van der Waals surface area contributed by atoms with Crippen LogP contribution in [-0.4, -0.2) is 42.6 Å². The maximum Gasteiger partial charge on any atom is 0.234 e. The Morgan fingerprint density at radius 2 is 1.84 bits per heavy atom. The fourth-order valence-corrected chi connectivity index (χ4v) is 4.01. The van der Waals surface area contributed by atoms with Crippen LogP contribution in [0.15, 0.2) is 30.3 Å². The summed E-state index contributed by atoms with van der Waals surface area (Å²) >= 11 is 0. The Morgan fingerprint density at radius 1 is 1.12 bits per heavy atom. The smallest absolute Gasteiger partial charge is 0.234 e. The lowest BCUT2D eigenvalue weighted by Gasteiger charge is -2.33. The number of ether oxygens (including phenoxy) is 1. The van der Waals surface area contributed by atoms with E-state index in [1.54, 1.807) is 0 Å². The quantitative estimate of drug-likeness (QED) is 0.860. The number of hydrogen-bond donors (Lipinski definition) is 1. The molecule has 2 fully saturated rings. The Kier molecular flexibility index (Phi) is 6.88. The van der Waals surface area contributed by atoms with Gasteiger partial charge in [-0.3, -0.25) is 9.69 Å². The van der Waals surface area contributed by atoms with E-state index in [9.17, 15) is 4.79 Å². The van der Waals surface area contributed by atoms with Crippen LogP contribution in [-0.2, 0) is 16.1 Å². The SMILES string of the molecule is C[C@H]1CCCC[C@H]1NC(=O)CN1CCC(OCc2ccccc2)CC1. The first-order chi connectivity index (χ1) is 12.2. The van der Waals surface area contributed by atoms with Gasteiger partial charge in [-0.2, -0.15) is 0 Å². The number of hydrogen-bond acceptors (Lipinski definition) is 3. The van der Waals surface area contributed by atoms with Crippen LogP contribution in [0, 0.1) is 5.92 Å². The zero-order chi connectivity index (χ0) is 17.5. The number of likely N-dealkylation sites (tertiary alicyclic amines) is 1. The van der Waals surface area contributed by atoms with E-state index in [2.05, 4.69) is 29.3 Å². The zero-order valence-electron chi connectivity index (χ0n) is 15.5. The lowest BCUT2D eigenvalue weighted by Crippen LogP contribution is -2.47. The molecule has 3 rings (SSSR count). The summed E-state index contributed by atoms with van der Waals surface area (Å²) in [6.45, 7) is 5.39. The van der Waals surface area contributed by atoms with Gasteiger partial charge in [0.15, 0.2) is 0 Å². The van der Waals surface area contributed by atoms with Gasteiger partial charge in [-0.1, -0.05) is 50.1 Å². The van der Waals surface area contributed by atoms with E-state index in [0.29, 0.717) is 31.2 Å². The minimum atomic E-state index is 0.197. The molecule has 2 atom stereocenters. The van der Waals surface area contributed by atoms with Crippen LogP contribution in [0.4, 0.5) is 0 Å².